The molecule has 0 saturated heterocycles. The molecule has 98 valence electrons. The average molecular weight is 284 g/mol. The van der Waals surface area contributed by atoms with Crippen LogP contribution in [0.15, 0.2) is 24.4 Å². The Kier molecular flexibility index (Phi) is 3.43. The van der Waals surface area contributed by atoms with Crippen LogP contribution >= 0.6 is 11.6 Å². The number of nitrogens with zero attached hydrogens (tertiary/aromatic N) is 3. The fraction of sp³-hybridized carbons (Fsp3) is 0. The van der Waals surface area contributed by atoms with Gasteiger partial charge in [-0.1, -0.05) is 11.6 Å². The summed E-state index contributed by atoms with van der Waals surface area (Å²) in [5, 5.41) is 13.5. The second-order valence-electron chi connectivity index (χ2n) is 3.47. The zero-order valence-electron chi connectivity index (χ0n) is 9.30. The molecule has 0 unspecified atom stereocenters. The Morgan fingerprint density at radius 3 is 2.89 bits per heavy atom. The van der Waals surface area contributed by atoms with Crippen molar-refractivity contribution in [2.75, 3.05) is 11.1 Å². The number of nitrogen functional groups attached to an aromatic ring is 1. The Morgan fingerprint density at radius 1 is 1.47 bits per heavy atom. The van der Waals surface area contributed by atoms with Gasteiger partial charge in [0.1, 0.15) is 12.0 Å². The molecule has 0 saturated carbocycles. The number of nitro groups is 1. The molecule has 2 rings (SSSR count). The minimum Gasteiger partial charge on any atom is -0.368 e. The molecular formula is C10H7ClFN5O2. The third-order valence-corrected chi connectivity index (χ3v) is 2.40. The van der Waals surface area contributed by atoms with Gasteiger partial charge in [-0.3, -0.25) is 10.1 Å². The van der Waals surface area contributed by atoms with Gasteiger partial charge >= 0.3 is 5.69 Å². The molecule has 9 heteroatoms. The second-order valence-corrected chi connectivity index (χ2v) is 3.90. The third kappa shape index (κ3) is 2.86. The van der Waals surface area contributed by atoms with Gasteiger partial charge in [-0.15, -0.1) is 0 Å². The molecule has 19 heavy (non-hydrogen) atoms. The van der Waals surface area contributed by atoms with E-state index in [1.807, 2.05) is 0 Å². The first kappa shape index (κ1) is 13.0. The number of halogens is 2. The smallest absolute Gasteiger partial charge is 0.329 e. The Balaban J connectivity index is 2.45. The van der Waals surface area contributed by atoms with E-state index >= 15 is 0 Å². The highest BCUT2D eigenvalue weighted by Gasteiger charge is 2.18. The predicted molar refractivity (Wildman–Crippen MR) is 67.8 cm³/mol. The molecule has 0 aliphatic rings. The lowest BCUT2D eigenvalue weighted by Gasteiger charge is -2.07. The molecule has 1 heterocycles. The normalized spacial score (nSPS) is 10.2. The highest BCUT2D eigenvalue weighted by molar-refractivity contribution is 6.30. The van der Waals surface area contributed by atoms with Crippen molar-refractivity contribution in [3.8, 4) is 0 Å². The summed E-state index contributed by atoms with van der Waals surface area (Å²) >= 11 is 5.72. The van der Waals surface area contributed by atoms with Crippen molar-refractivity contribution in [2.45, 2.75) is 0 Å². The molecule has 0 spiro atoms. The van der Waals surface area contributed by atoms with Crippen LogP contribution in [0.3, 0.4) is 0 Å². The van der Waals surface area contributed by atoms with Crippen molar-refractivity contribution < 1.29 is 9.31 Å². The summed E-state index contributed by atoms with van der Waals surface area (Å²) in [5.41, 5.74) is 4.87. The minimum atomic E-state index is -0.704. The van der Waals surface area contributed by atoms with E-state index in [9.17, 15) is 14.5 Å². The van der Waals surface area contributed by atoms with Gasteiger partial charge < -0.3 is 11.1 Å². The number of nitrogens with one attached hydrogen (secondary N) is 1. The fourth-order valence-electron chi connectivity index (χ4n) is 1.34. The van der Waals surface area contributed by atoms with Crippen LogP contribution in [0.25, 0.3) is 0 Å². The van der Waals surface area contributed by atoms with Crippen LogP contribution in [-0.2, 0) is 0 Å². The Morgan fingerprint density at radius 2 is 2.21 bits per heavy atom. The van der Waals surface area contributed by atoms with Gasteiger partial charge in [0, 0.05) is 5.02 Å². The number of hydrogen-bond acceptors (Lipinski definition) is 6. The number of aromatic nitrogens is 2. The first-order valence-corrected chi connectivity index (χ1v) is 5.34. The zero-order chi connectivity index (χ0) is 14.0. The average Bonchev–Trinajstić information content (AvgIpc) is 2.33. The van der Waals surface area contributed by atoms with E-state index in [1.54, 1.807) is 0 Å². The maximum Gasteiger partial charge on any atom is 0.329 e. The summed E-state index contributed by atoms with van der Waals surface area (Å²) in [6, 6.07) is 3.75. The van der Waals surface area contributed by atoms with Gasteiger partial charge in [-0.2, -0.15) is 4.98 Å². The number of benzene rings is 1. The molecule has 0 aliphatic heterocycles. The summed E-state index contributed by atoms with van der Waals surface area (Å²) in [6.45, 7) is 0. The topological polar surface area (TPSA) is 107 Å². The van der Waals surface area contributed by atoms with Crippen molar-refractivity contribution in [3.63, 3.8) is 0 Å². The molecule has 1 aromatic carbocycles. The van der Waals surface area contributed by atoms with Crippen molar-refractivity contribution >= 4 is 34.7 Å². The quantitative estimate of drug-likeness (QED) is 0.662. The zero-order valence-corrected chi connectivity index (χ0v) is 10.1. The van der Waals surface area contributed by atoms with Crippen molar-refractivity contribution in [3.05, 3.63) is 45.4 Å². The number of nitrogens with two attached hydrogens (primary N) is 1. The first-order valence-electron chi connectivity index (χ1n) is 4.96. The second kappa shape index (κ2) is 5.02. The van der Waals surface area contributed by atoms with Crippen LogP contribution in [0, 0.1) is 15.9 Å². The molecule has 0 radical (unpaired) electrons. The molecule has 0 atom stereocenters. The van der Waals surface area contributed by atoms with Crippen LogP contribution in [-0.4, -0.2) is 14.9 Å². The highest BCUT2D eigenvalue weighted by atomic mass is 35.5. The molecule has 3 N–H and O–H groups in total. The lowest BCUT2D eigenvalue weighted by atomic mass is 10.3. The monoisotopic (exact) mass is 283 g/mol. The summed E-state index contributed by atoms with van der Waals surface area (Å²) in [7, 11) is 0. The van der Waals surface area contributed by atoms with Crippen LogP contribution in [0.2, 0.25) is 5.02 Å². The van der Waals surface area contributed by atoms with E-state index in [4.69, 9.17) is 17.3 Å². The van der Waals surface area contributed by atoms with Crippen molar-refractivity contribution in [1.82, 2.24) is 9.97 Å². The largest absolute Gasteiger partial charge is 0.368 e. The van der Waals surface area contributed by atoms with E-state index in [0.717, 1.165) is 12.3 Å². The summed E-state index contributed by atoms with van der Waals surface area (Å²) in [6.07, 6.45) is 0.938. The third-order valence-electron chi connectivity index (χ3n) is 2.17. The SMILES string of the molecule is Nc1ncc([N+](=O)[O-])c(Nc2cc(Cl)ccc2F)n1. The minimum absolute atomic E-state index is 0.0475. The van der Waals surface area contributed by atoms with Gasteiger partial charge in [0.2, 0.25) is 11.8 Å². The van der Waals surface area contributed by atoms with Gasteiger partial charge in [0.05, 0.1) is 10.6 Å². The standard InChI is InChI=1S/C10H7ClFN5O2/c11-5-1-2-6(12)7(3-5)15-9-8(17(18)19)4-14-10(13)16-9/h1-4H,(H3,13,14,15,16). The first-order chi connectivity index (χ1) is 8.97. The molecule has 7 nitrogen and oxygen atoms in total. The van der Waals surface area contributed by atoms with Crippen LogP contribution in [0.1, 0.15) is 0 Å². The number of anilines is 3. The van der Waals surface area contributed by atoms with Crippen molar-refractivity contribution in [1.29, 1.82) is 0 Å². The van der Waals surface area contributed by atoms with Gasteiger partial charge in [-0.05, 0) is 18.2 Å². The summed E-state index contributed by atoms with van der Waals surface area (Å²) in [5.74, 6) is -1.01. The lowest BCUT2D eigenvalue weighted by molar-refractivity contribution is -0.384. The van der Waals surface area contributed by atoms with Gasteiger partial charge in [0.25, 0.3) is 0 Å². The van der Waals surface area contributed by atoms with Gasteiger partial charge in [-0.25, -0.2) is 9.37 Å². The number of hydrogen-bond donors (Lipinski definition) is 2. The van der Waals surface area contributed by atoms with E-state index < -0.39 is 16.4 Å². The lowest BCUT2D eigenvalue weighted by Crippen LogP contribution is -2.05. The maximum absolute atomic E-state index is 13.5. The molecule has 0 aliphatic carbocycles. The van der Waals surface area contributed by atoms with Crippen LogP contribution in [0.4, 0.5) is 27.5 Å². The van der Waals surface area contributed by atoms with Gasteiger partial charge in [0.15, 0.2) is 0 Å². The fourth-order valence-corrected chi connectivity index (χ4v) is 1.51. The molecule has 2 aromatic rings. The maximum atomic E-state index is 13.5. The van der Waals surface area contributed by atoms with E-state index in [-0.39, 0.29) is 22.5 Å². The van der Waals surface area contributed by atoms with Crippen LogP contribution < -0.4 is 11.1 Å². The molecule has 0 fully saturated rings. The molecule has 0 amide bonds. The Bertz CT molecular complexity index is 652. The highest BCUT2D eigenvalue weighted by Crippen LogP contribution is 2.28. The summed E-state index contributed by atoms with van der Waals surface area (Å²) in [4.78, 5) is 17.3. The molecule has 0 bridgehead atoms. The van der Waals surface area contributed by atoms with E-state index in [1.165, 1.54) is 12.1 Å². The van der Waals surface area contributed by atoms with E-state index in [2.05, 4.69) is 15.3 Å². The van der Waals surface area contributed by atoms with Crippen LogP contribution in [0.5, 0.6) is 0 Å². The summed E-state index contributed by atoms with van der Waals surface area (Å²) < 4.78 is 13.5. The molecular weight excluding hydrogens is 277 g/mol. The Hall–Kier alpha value is -2.48. The van der Waals surface area contributed by atoms with Crippen molar-refractivity contribution in [2.24, 2.45) is 0 Å². The number of rotatable bonds is 3. The molecule has 1 aromatic heterocycles. The predicted octanol–water partition coefficient (Wildman–Crippen LogP) is 2.50. The van der Waals surface area contributed by atoms with E-state index in [0.29, 0.717) is 0 Å². The Labute approximate surface area is 111 Å².